The molecule has 3 nitrogen and oxygen atoms in total. The molecule has 96 valence electrons. The van der Waals surface area contributed by atoms with Gasteiger partial charge in [-0.1, -0.05) is 18.2 Å². The molecule has 0 radical (unpaired) electrons. The molecule has 1 unspecified atom stereocenters. The SMILES string of the molecule is FC(F)(F)C1=NN=CC1c1ccnc2ccccc12. The second kappa shape index (κ2) is 4.15. The normalized spacial score (nSPS) is 18.9. The van der Waals surface area contributed by atoms with E-state index in [9.17, 15) is 13.2 Å². The van der Waals surface area contributed by atoms with Crippen molar-refractivity contribution in [3.05, 3.63) is 42.1 Å². The van der Waals surface area contributed by atoms with Crippen molar-refractivity contribution in [1.29, 1.82) is 0 Å². The fourth-order valence-corrected chi connectivity index (χ4v) is 2.14. The van der Waals surface area contributed by atoms with E-state index in [0.717, 1.165) is 0 Å². The lowest BCUT2D eigenvalue weighted by Crippen LogP contribution is -2.28. The van der Waals surface area contributed by atoms with Crippen LogP contribution in [0.4, 0.5) is 13.2 Å². The number of hydrogen-bond acceptors (Lipinski definition) is 3. The number of benzene rings is 1. The van der Waals surface area contributed by atoms with E-state index in [1.54, 1.807) is 30.3 Å². The Kier molecular flexibility index (Phi) is 2.58. The second-order valence-corrected chi connectivity index (χ2v) is 4.14. The van der Waals surface area contributed by atoms with Crippen molar-refractivity contribution in [3.8, 4) is 0 Å². The van der Waals surface area contributed by atoms with Crippen LogP contribution < -0.4 is 0 Å². The minimum absolute atomic E-state index is 0.517. The van der Waals surface area contributed by atoms with E-state index in [-0.39, 0.29) is 0 Å². The molecule has 1 aromatic carbocycles. The Balaban J connectivity index is 2.16. The van der Waals surface area contributed by atoms with Gasteiger partial charge in [0.2, 0.25) is 0 Å². The zero-order chi connectivity index (χ0) is 13.5. The van der Waals surface area contributed by atoms with Crippen LogP contribution in [0, 0.1) is 0 Å². The van der Waals surface area contributed by atoms with Gasteiger partial charge in [-0.15, -0.1) is 5.10 Å². The van der Waals surface area contributed by atoms with Crippen molar-refractivity contribution >= 4 is 22.8 Å². The fraction of sp³-hybridized carbons (Fsp3) is 0.154. The molecule has 2 aromatic rings. The summed E-state index contributed by atoms with van der Waals surface area (Å²) in [5.41, 5.74) is 0.286. The predicted octanol–water partition coefficient (Wildman–Crippen LogP) is 3.32. The minimum Gasteiger partial charge on any atom is -0.256 e. The van der Waals surface area contributed by atoms with Gasteiger partial charge in [0, 0.05) is 17.8 Å². The summed E-state index contributed by atoms with van der Waals surface area (Å²) in [6.45, 7) is 0. The van der Waals surface area contributed by atoms with Crippen LogP contribution in [0.5, 0.6) is 0 Å². The summed E-state index contributed by atoms with van der Waals surface area (Å²) in [5.74, 6) is -0.965. The zero-order valence-corrected chi connectivity index (χ0v) is 9.59. The molecular weight excluding hydrogens is 255 g/mol. The molecule has 6 heteroatoms. The van der Waals surface area contributed by atoms with Gasteiger partial charge in [0.1, 0.15) is 0 Å². The van der Waals surface area contributed by atoms with Gasteiger partial charge in [-0.3, -0.25) is 4.98 Å². The molecule has 0 saturated carbocycles. The Morgan fingerprint density at radius 3 is 2.63 bits per heavy atom. The summed E-state index contributed by atoms with van der Waals surface area (Å²) < 4.78 is 38.6. The van der Waals surface area contributed by atoms with E-state index >= 15 is 0 Å². The van der Waals surface area contributed by atoms with E-state index in [2.05, 4.69) is 15.2 Å². The van der Waals surface area contributed by atoms with Crippen molar-refractivity contribution < 1.29 is 13.2 Å². The molecule has 0 bridgehead atoms. The molecule has 0 spiro atoms. The molecule has 2 heterocycles. The Morgan fingerprint density at radius 2 is 1.84 bits per heavy atom. The van der Waals surface area contributed by atoms with Gasteiger partial charge in [0.15, 0.2) is 5.71 Å². The van der Waals surface area contributed by atoms with Crippen molar-refractivity contribution in [2.45, 2.75) is 12.1 Å². The van der Waals surface area contributed by atoms with Crippen LogP contribution in [0.3, 0.4) is 0 Å². The highest BCUT2D eigenvalue weighted by atomic mass is 19.4. The molecule has 0 saturated heterocycles. The smallest absolute Gasteiger partial charge is 0.256 e. The highest BCUT2D eigenvalue weighted by Crippen LogP contribution is 2.33. The predicted molar refractivity (Wildman–Crippen MR) is 66.5 cm³/mol. The molecule has 0 fully saturated rings. The highest BCUT2D eigenvalue weighted by Gasteiger charge is 2.43. The fourth-order valence-electron chi connectivity index (χ4n) is 2.14. The van der Waals surface area contributed by atoms with Crippen molar-refractivity contribution in [1.82, 2.24) is 4.98 Å². The number of nitrogens with zero attached hydrogens (tertiary/aromatic N) is 3. The zero-order valence-electron chi connectivity index (χ0n) is 9.59. The lowest BCUT2D eigenvalue weighted by molar-refractivity contribution is -0.0603. The van der Waals surface area contributed by atoms with Gasteiger partial charge in [0.25, 0.3) is 0 Å². The number of hydrogen-bond donors (Lipinski definition) is 0. The second-order valence-electron chi connectivity index (χ2n) is 4.14. The lowest BCUT2D eigenvalue weighted by atomic mass is 9.92. The van der Waals surface area contributed by atoms with E-state index in [1.807, 2.05) is 0 Å². The number of alkyl halides is 3. The summed E-state index contributed by atoms with van der Waals surface area (Å²) in [7, 11) is 0. The number of halogens is 3. The van der Waals surface area contributed by atoms with Crippen LogP contribution in [-0.4, -0.2) is 23.1 Å². The number of aromatic nitrogens is 1. The maximum Gasteiger partial charge on any atom is 0.432 e. The number of fused-ring (bicyclic) bond motifs is 1. The third-order valence-corrected chi connectivity index (χ3v) is 2.98. The molecule has 1 aromatic heterocycles. The maximum atomic E-state index is 12.9. The summed E-state index contributed by atoms with van der Waals surface area (Å²) in [5, 5.41) is 7.31. The minimum atomic E-state index is -4.48. The van der Waals surface area contributed by atoms with Gasteiger partial charge >= 0.3 is 6.18 Å². The van der Waals surface area contributed by atoms with Gasteiger partial charge in [0.05, 0.1) is 11.4 Å². The van der Waals surface area contributed by atoms with Crippen LogP contribution in [0.1, 0.15) is 11.5 Å². The lowest BCUT2D eigenvalue weighted by Gasteiger charge is -2.15. The first kappa shape index (κ1) is 11.8. The van der Waals surface area contributed by atoms with E-state index in [4.69, 9.17) is 0 Å². The van der Waals surface area contributed by atoms with Gasteiger partial charge in [-0.05, 0) is 17.7 Å². The third kappa shape index (κ3) is 1.99. The Hall–Kier alpha value is -2.24. The average Bonchev–Trinajstić information content (AvgIpc) is 2.87. The molecule has 1 aliphatic heterocycles. The van der Waals surface area contributed by atoms with E-state index in [0.29, 0.717) is 16.5 Å². The molecule has 1 atom stereocenters. The standard InChI is InChI=1S/C13H8F3N3/c14-13(15,16)12-10(7-18-19-12)8-5-6-17-11-4-2-1-3-9(8)11/h1-7,10H. The van der Waals surface area contributed by atoms with Crippen molar-refractivity contribution in [2.24, 2.45) is 10.2 Å². The molecule has 0 N–H and O–H groups in total. The van der Waals surface area contributed by atoms with Gasteiger partial charge in [-0.2, -0.15) is 18.3 Å². The number of rotatable bonds is 1. The quantitative estimate of drug-likeness (QED) is 0.777. The third-order valence-electron chi connectivity index (χ3n) is 2.98. The van der Waals surface area contributed by atoms with Crippen molar-refractivity contribution in [3.63, 3.8) is 0 Å². The molecule has 1 aliphatic rings. The first-order valence-electron chi connectivity index (χ1n) is 5.59. The van der Waals surface area contributed by atoms with Crippen molar-refractivity contribution in [2.75, 3.05) is 0 Å². The molecule has 19 heavy (non-hydrogen) atoms. The Morgan fingerprint density at radius 1 is 1.05 bits per heavy atom. The Labute approximate surface area is 106 Å². The summed E-state index contributed by atoms with van der Waals surface area (Å²) in [6.07, 6.45) is -1.77. The van der Waals surface area contributed by atoms with E-state index in [1.165, 1.54) is 12.4 Å². The number of pyridine rings is 1. The van der Waals surface area contributed by atoms with E-state index < -0.39 is 17.8 Å². The number of para-hydroxylation sites is 1. The van der Waals surface area contributed by atoms with Crippen LogP contribution in [0.15, 0.2) is 46.7 Å². The van der Waals surface area contributed by atoms with Crippen LogP contribution in [0.2, 0.25) is 0 Å². The average molecular weight is 263 g/mol. The van der Waals surface area contributed by atoms with Gasteiger partial charge < -0.3 is 0 Å². The molecule has 3 rings (SSSR count). The summed E-state index contributed by atoms with van der Waals surface area (Å²) in [6, 6.07) is 8.64. The first-order chi connectivity index (χ1) is 9.07. The maximum absolute atomic E-state index is 12.9. The van der Waals surface area contributed by atoms with Gasteiger partial charge in [-0.25, -0.2) is 0 Å². The highest BCUT2D eigenvalue weighted by molar-refractivity contribution is 6.11. The first-order valence-corrected chi connectivity index (χ1v) is 5.59. The molecule has 0 aliphatic carbocycles. The van der Waals surface area contributed by atoms with Crippen LogP contribution >= 0.6 is 0 Å². The topological polar surface area (TPSA) is 37.6 Å². The van der Waals surface area contributed by atoms with Crippen LogP contribution in [-0.2, 0) is 0 Å². The summed E-state index contributed by atoms with van der Waals surface area (Å²) >= 11 is 0. The Bertz CT molecular complexity index is 684. The monoisotopic (exact) mass is 263 g/mol. The van der Waals surface area contributed by atoms with Crippen LogP contribution in [0.25, 0.3) is 10.9 Å². The summed E-state index contributed by atoms with van der Waals surface area (Å²) in [4.78, 5) is 4.13. The largest absolute Gasteiger partial charge is 0.432 e. The molecule has 0 amide bonds. The molecular formula is C13H8F3N3.